The molecule has 0 amide bonds. The second kappa shape index (κ2) is 5.39. The summed E-state index contributed by atoms with van der Waals surface area (Å²) < 4.78 is 0.966. The van der Waals surface area contributed by atoms with Crippen molar-refractivity contribution < 1.29 is 4.48 Å². The molecule has 0 saturated heterocycles. The maximum absolute atomic E-state index is 2.48. The molecule has 2 aromatic carbocycles. The van der Waals surface area contributed by atoms with E-state index in [9.17, 15) is 0 Å². The Bertz CT molecular complexity index is 600. The van der Waals surface area contributed by atoms with Crippen LogP contribution in [0.2, 0.25) is 0 Å². The maximum Gasteiger partial charge on any atom is 0.104 e. The van der Waals surface area contributed by atoms with Crippen LogP contribution >= 0.6 is 11.8 Å². The van der Waals surface area contributed by atoms with Crippen molar-refractivity contribution in [1.82, 2.24) is 0 Å². The van der Waals surface area contributed by atoms with Gasteiger partial charge >= 0.3 is 0 Å². The third-order valence-corrected chi connectivity index (χ3v) is 5.43. The Morgan fingerprint density at radius 1 is 0.905 bits per heavy atom. The number of likely N-dealkylation sites (N-methyl/N-ethyl adjacent to an activating group) is 1. The van der Waals surface area contributed by atoms with E-state index in [0.29, 0.717) is 6.04 Å². The van der Waals surface area contributed by atoms with Crippen LogP contribution in [0.4, 0.5) is 11.4 Å². The van der Waals surface area contributed by atoms with Crippen LogP contribution < -0.4 is 4.90 Å². The van der Waals surface area contributed by atoms with Crippen molar-refractivity contribution in [1.29, 1.82) is 0 Å². The molecular formula is C18H23N2S+. The molecule has 3 heteroatoms. The molecule has 0 radical (unpaired) electrons. The summed E-state index contributed by atoms with van der Waals surface area (Å²) in [6.45, 7) is 3.35. The Balaban J connectivity index is 2.03. The van der Waals surface area contributed by atoms with Crippen LogP contribution in [0.3, 0.4) is 0 Å². The Kier molecular flexibility index (Phi) is 3.72. The first-order valence-corrected chi connectivity index (χ1v) is 8.23. The first kappa shape index (κ1) is 14.5. The number of anilines is 2. The smallest absolute Gasteiger partial charge is 0.104 e. The molecule has 1 aliphatic heterocycles. The summed E-state index contributed by atoms with van der Waals surface area (Å²) in [6.07, 6.45) is 0. The molecule has 0 saturated carbocycles. The van der Waals surface area contributed by atoms with Gasteiger partial charge in [-0.15, -0.1) is 0 Å². The highest BCUT2D eigenvalue weighted by Gasteiger charge is 2.28. The van der Waals surface area contributed by atoms with E-state index in [4.69, 9.17) is 0 Å². The van der Waals surface area contributed by atoms with E-state index in [1.54, 1.807) is 0 Å². The number of para-hydroxylation sites is 2. The Morgan fingerprint density at radius 2 is 1.38 bits per heavy atom. The number of fused-ring (bicyclic) bond motifs is 2. The van der Waals surface area contributed by atoms with Crippen molar-refractivity contribution in [2.45, 2.75) is 22.8 Å². The molecular weight excluding hydrogens is 276 g/mol. The number of benzene rings is 2. The second-order valence-electron chi connectivity index (χ2n) is 6.61. The quantitative estimate of drug-likeness (QED) is 0.774. The predicted molar refractivity (Wildman–Crippen MR) is 91.5 cm³/mol. The maximum atomic E-state index is 2.48. The zero-order valence-corrected chi connectivity index (χ0v) is 14.0. The lowest BCUT2D eigenvalue weighted by molar-refractivity contribution is -0.892. The minimum Gasteiger partial charge on any atom is -0.334 e. The zero-order chi connectivity index (χ0) is 15.0. The van der Waals surface area contributed by atoms with E-state index >= 15 is 0 Å². The summed E-state index contributed by atoms with van der Waals surface area (Å²) >= 11 is 1.87. The molecule has 110 valence electrons. The minimum absolute atomic E-state index is 0.550. The van der Waals surface area contributed by atoms with Crippen molar-refractivity contribution in [3.63, 3.8) is 0 Å². The summed E-state index contributed by atoms with van der Waals surface area (Å²) in [5, 5.41) is 0. The molecule has 0 bridgehead atoms. The van der Waals surface area contributed by atoms with Gasteiger partial charge in [-0.05, 0) is 31.2 Å². The van der Waals surface area contributed by atoms with Gasteiger partial charge in [0.15, 0.2) is 0 Å². The molecule has 1 aliphatic rings. The zero-order valence-electron chi connectivity index (χ0n) is 13.2. The largest absolute Gasteiger partial charge is 0.334 e. The molecule has 0 fully saturated rings. The monoisotopic (exact) mass is 299 g/mol. The summed E-state index contributed by atoms with van der Waals surface area (Å²) in [7, 11) is 6.80. The Morgan fingerprint density at radius 3 is 1.86 bits per heavy atom. The highest BCUT2D eigenvalue weighted by Crippen LogP contribution is 2.47. The summed E-state index contributed by atoms with van der Waals surface area (Å²) in [5.41, 5.74) is 2.67. The molecule has 21 heavy (non-hydrogen) atoms. The van der Waals surface area contributed by atoms with Crippen LogP contribution in [0, 0.1) is 0 Å². The molecule has 1 heterocycles. The van der Waals surface area contributed by atoms with Crippen molar-refractivity contribution in [2.24, 2.45) is 0 Å². The molecule has 0 aliphatic carbocycles. The number of quaternary nitrogens is 1. The van der Waals surface area contributed by atoms with Gasteiger partial charge in [-0.3, -0.25) is 0 Å². The fourth-order valence-electron chi connectivity index (χ4n) is 2.49. The highest BCUT2D eigenvalue weighted by atomic mass is 32.2. The van der Waals surface area contributed by atoms with Crippen LogP contribution in [0.25, 0.3) is 0 Å². The van der Waals surface area contributed by atoms with Crippen LogP contribution in [0.15, 0.2) is 58.3 Å². The summed E-state index contributed by atoms with van der Waals surface area (Å²) in [5.74, 6) is 0. The van der Waals surface area contributed by atoms with Gasteiger partial charge in [-0.1, -0.05) is 36.0 Å². The predicted octanol–water partition coefficient (Wildman–Crippen LogP) is 4.38. The van der Waals surface area contributed by atoms with Gasteiger partial charge in [0, 0.05) is 9.79 Å². The summed E-state index contributed by atoms with van der Waals surface area (Å²) in [6, 6.07) is 18.0. The van der Waals surface area contributed by atoms with Gasteiger partial charge in [0.2, 0.25) is 0 Å². The van der Waals surface area contributed by atoms with E-state index in [1.165, 1.54) is 21.2 Å². The van der Waals surface area contributed by atoms with Gasteiger partial charge < -0.3 is 9.38 Å². The summed E-state index contributed by atoms with van der Waals surface area (Å²) in [4.78, 5) is 5.18. The van der Waals surface area contributed by atoms with Crippen molar-refractivity contribution in [3.8, 4) is 0 Å². The molecule has 0 spiro atoms. The third kappa shape index (κ3) is 2.81. The molecule has 0 N–H and O–H groups in total. The lowest BCUT2D eigenvalue weighted by atomic mass is 10.1. The van der Waals surface area contributed by atoms with E-state index in [2.05, 4.69) is 81.5 Å². The first-order valence-electron chi connectivity index (χ1n) is 7.41. The number of rotatable bonds is 3. The lowest BCUT2D eigenvalue weighted by Crippen LogP contribution is -2.49. The lowest BCUT2D eigenvalue weighted by Gasteiger charge is -2.39. The molecule has 2 nitrogen and oxygen atoms in total. The van der Waals surface area contributed by atoms with Gasteiger partial charge in [0.25, 0.3) is 0 Å². The van der Waals surface area contributed by atoms with Crippen LogP contribution in [-0.4, -0.2) is 38.2 Å². The van der Waals surface area contributed by atoms with Gasteiger partial charge in [0.1, 0.15) is 6.04 Å². The van der Waals surface area contributed by atoms with Gasteiger partial charge in [-0.2, -0.15) is 0 Å². The van der Waals surface area contributed by atoms with Crippen molar-refractivity contribution in [3.05, 3.63) is 48.5 Å². The molecule has 1 atom stereocenters. The average molecular weight is 299 g/mol. The van der Waals surface area contributed by atoms with Crippen molar-refractivity contribution in [2.75, 3.05) is 32.6 Å². The van der Waals surface area contributed by atoms with Gasteiger partial charge in [-0.25, -0.2) is 0 Å². The molecule has 0 unspecified atom stereocenters. The van der Waals surface area contributed by atoms with Crippen LogP contribution in [0.5, 0.6) is 0 Å². The standard InChI is InChI=1S/C18H23N2S/c1-14(20(2,3)4)13-19-15-9-5-7-11-17(15)21-18-12-8-6-10-16(18)19/h5-12,14H,13H2,1-4H3/q+1/t14-/m0/s1. The fraction of sp³-hybridized carbons (Fsp3) is 0.333. The third-order valence-electron chi connectivity index (χ3n) is 4.30. The van der Waals surface area contributed by atoms with E-state index in [-0.39, 0.29) is 0 Å². The number of hydrogen-bond donors (Lipinski definition) is 0. The number of hydrogen-bond acceptors (Lipinski definition) is 2. The molecule has 3 rings (SSSR count). The minimum atomic E-state index is 0.550. The SMILES string of the molecule is C[C@@H](CN1c2ccccc2Sc2ccccc21)[N+](C)(C)C. The van der Waals surface area contributed by atoms with Crippen LogP contribution in [-0.2, 0) is 0 Å². The van der Waals surface area contributed by atoms with Gasteiger partial charge in [0.05, 0.1) is 39.1 Å². The highest BCUT2D eigenvalue weighted by molar-refractivity contribution is 7.99. The molecule has 2 aromatic rings. The first-order chi connectivity index (χ1) is 9.97. The second-order valence-corrected chi connectivity index (χ2v) is 7.70. The van der Waals surface area contributed by atoms with Crippen molar-refractivity contribution >= 4 is 23.1 Å². The number of nitrogens with zero attached hydrogens (tertiary/aromatic N) is 2. The average Bonchev–Trinajstić information content (AvgIpc) is 2.46. The fourth-order valence-corrected chi connectivity index (χ4v) is 3.58. The normalized spacial score (nSPS) is 15.3. The topological polar surface area (TPSA) is 3.24 Å². The van der Waals surface area contributed by atoms with E-state index in [1.807, 2.05) is 11.8 Å². The Hall–Kier alpha value is -1.45. The molecule has 0 aromatic heterocycles. The van der Waals surface area contributed by atoms with E-state index in [0.717, 1.165) is 11.0 Å². The Labute approximate surface area is 132 Å². The van der Waals surface area contributed by atoms with Crippen LogP contribution in [0.1, 0.15) is 6.92 Å². The van der Waals surface area contributed by atoms with E-state index < -0.39 is 0 Å².